The highest BCUT2D eigenvalue weighted by molar-refractivity contribution is 6.43. The lowest BCUT2D eigenvalue weighted by Crippen LogP contribution is -2.32. The maximum atomic E-state index is 6.37. The maximum Gasteiger partial charge on any atom is 0.159 e. The molecule has 2 aromatic rings. The van der Waals surface area contributed by atoms with E-state index in [1.165, 1.54) is 6.33 Å². The number of rotatable bonds is 7. The molecule has 0 radical (unpaired) electrons. The normalized spacial score (nSPS) is 11.2. The van der Waals surface area contributed by atoms with Gasteiger partial charge in [-0.2, -0.15) is 0 Å². The molecule has 0 saturated carbocycles. The molecule has 0 amide bonds. The van der Waals surface area contributed by atoms with Crippen molar-refractivity contribution in [2.45, 2.75) is 27.7 Å². The number of nitrogens with one attached hydrogen (secondary N) is 1. The van der Waals surface area contributed by atoms with Crippen LogP contribution in [0.25, 0.3) is 0 Å². The summed E-state index contributed by atoms with van der Waals surface area (Å²) in [6.07, 6.45) is 1.51. The monoisotopic (exact) mass is 381 g/mol. The van der Waals surface area contributed by atoms with Crippen molar-refractivity contribution in [1.82, 2.24) is 9.97 Å². The van der Waals surface area contributed by atoms with E-state index in [1.54, 1.807) is 6.07 Å². The number of hydrogen-bond donors (Lipinski definition) is 2. The van der Waals surface area contributed by atoms with E-state index in [4.69, 9.17) is 28.9 Å². The summed E-state index contributed by atoms with van der Waals surface area (Å²) in [5.41, 5.74) is 7.52. The van der Waals surface area contributed by atoms with Crippen molar-refractivity contribution in [3.05, 3.63) is 34.6 Å². The number of nitrogens with zero attached hydrogens (tertiary/aromatic N) is 3. The van der Waals surface area contributed by atoms with E-state index >= 15 is 0 Å². The van der Waals surface area contributed by atoms with Crippen LogP contribution in [0.3, 0.4) is 0 Å². The number of nitrogens with two attached hydrogens (primary N) is 1. The molecular weight excluding hydrogens is 357 g/mol. The van der Waals surface area contributed by atoms with Crippen molar-refractivity contribution in [3.63, 3.8) is 0 Å². The van der Waals surface area contributed by atoms with Gasteiger partial charge < -0.3 is 16.0 Å². The van der Waals surface area contributed by atoms with Gasteiger partial charge in [0.25, 0.3) is 0 Å². The van der Waals surface area contributed by atoms with Gasteiger partial charge in [-0.3, -0.25) is 0 Å². The zero-order valence-corrected chi connectivity index (χ0v) is 16.6. The Hall–Kier alpha value is -1.72. The van der Waals surface area contributed by atoms with Gasteiger partial charge in [-0.25, -0.2) is 9.97 Å². The summed E-state index contributed by atoms with van der Waals surface area (Å²) in [6, 6.07) is 5.38. The van der Waals surface area contributed by atoms with E-state index in [9.17, 15) is 0 Å². The second-order valence-electron chi connectivity index (χ2n) is 6.88. The van der Waals surface area contributed by atoms with Crippen LogP contribution in [0.2, 0.25) is 10.0 Å². The molecule has 25 heavy (non-hydrogen) atoms. The second kappa shape index (κ2) is 8.59. The van der Waals surface area contributed by atoms with Crippen LogP contribution < -0.4 is 16.0 Å². The quantitative estimate of drug-likeness (QED) is 0.687. The molecular formula is C18H25Cl2N5. The average molecular weight is 382 g/mol. The average Bonchev–Trinajstić information content (AvgIpc) is 2.52. The minimum absolute atomic E-state index is 0.435. The van der Waals surface area contributed by atoms with Crippen LogP contribution in [0.15, 0.2) is 24.5 Å². The Labute approximate surface area is 159 Å². The van der Waals surface area contributed by atoms with E-state index in [1.807, 2.05) is 12.1 Å². The van der Waals surface area contributed by atoms with Gasteiger partial charge in [-0.05, 0) is 24.0 Å². The van der Waals surface area contributed by atoms with Gasteiger partial charge >= 0.3 is 0 Å². The first kappa shape index (κ1) is 19.6. The number of nitrogen functional groups attached to an aromatic ring is 1. The third-order valence-electron chi connectivity index (χ3n) is 3.54. The largest absolute Gasteiger partial charge is 0.393 e. The van der Waals surface area contributed by atoms with Crippen LogP contribution in [-0.2, 0) is 0 Å². The topological polar surface area (TPSA) is 67.1 Å². The Morgan fingerprint density at radius 1 is 1.08 bits per heavy atom. The molecule has 0 spiro atoms. The molecule has 0 unspecified atom stereocenters. The molecule has 1 heterocycles. The Bertz CT molecular complexity index is 709. The predicted molar refractivity (Wildman–Crippen MR) is 108 cm³/mol. The van der Waals surface area contributed by atoms with Gasteiger partial charge in [0.2, 0.25) is 0 Å². The lowest BCUT2D eigenvalue weighted by molar-refractivity contribution is 0.549. The molecule has 0 aliphatic carbocycles. The number of anilines is 4. The molecule has 3 N–H and O–H groups in total. The highest BCUT2D eigenvalue weighted by Crippen LogP contribution is 2.34. The maximum absolute atomic E-state index is 6.37. The second-order valence-corrected chi connectivity index (χ2v) is 7.66. The molecule has 2 rings (SSSR count). The lowest BCUT2D eigenvalue weighted by atomic mass is 10.1. The number of halogens is 2. The van der Waals surface area contributed by atoms with Crippen molar-refractivity contribution in [3.8, 4) is 0 Å². The van der Waals surface area contributed by atoms with Gasteiger partial charge in [0.05, 0.1) is 15.7 Å². The highest BCUT2D eigenvalue weighted by Gasteiger charge is 2.18. The van der Waals surface area contributed by atoms with E-state index in [0.717, 1.165) is 18.9 Å². The van der Waals surface area contributed by atoms with Crippen molar-refractivity contribution >= 4 is 46.2 Å². The molecule has 1 aromatic heterocycles. The van der Waals surface area contributed by atoms with Crippen molar-refractivity contribution < 1.29 is 0 Å². The van der Waals surface area contributed by atoms with Gasteiger partial charge in [0.1, 0.15) is 12.0 Å². The molecule has 5 nitrogen and oxygen atoms in total. The summed E-state index contributed by atoms with van der Waals surface area (Å²) in [4.78, 5) is 10.9. The van der Waals surface area contributed by atoms with E-state index < -0.39 is 0 Å². The Kier molecular flexibility index (Phi) is 6.73. The summed E-state index contributed by atoms with van der Waals surface area (Å²) in [5.74, 6) is 2.24. The Morgan fingerprint density at radius 2 is 1.72 bits per heavy atom. The van der Waals surface area contributed by atoms with E-state index in [2.05, 4.69) is 47.9 Å². The van der Waals surface area contributed by atoms with Crippen LogP contribution in [0, 0.1) is 11.8 Å². The molecule has 0 bridgehead atoms. The third kappa shape index (κ3) is 5.13. The summed E-state index contributed by atoms with van der Waals surface area (Å²) in [6.45, 7) is 10.4. The number of hydrogen-bond acceptors (Lipinski definition) is 5. The molecule has 7 heteroatoms. The highest BCUT2D eigenvalue weighted by atomic mass is 35.5. The van der Waals surface area contributed by atoms with Crippen molar-refractivity contribution in [1.29, 1.82) is 0 Å². The molecule has 0 aliphatic heterocycles. The Morgan fingerprint density at radius 3 is 2.32 bits per heavy atom. The zero-order chi connectivity index (χ0) is 18.6. The fourth-order valence-electron chi connectivity index (χ4n) is 2.59. The van der Waals surface area contributed by atoms with Crippen molar-refractivity contribution in [2.75, 3.05) is 29.0 Å². The summed E-state index contributed by atoms with van der Waals surface area (Å²) in [5, 5.41) is 4.07. The molecule has 0 saturated heterocycles. The molecule has 1 aromatic carbocycles. The zero-order valence-electron chi connectivity index (χ0n) is 15.1. The van der Waals surface area contributed by atoms with Gasteiger partial charge in [-0.15, -0.1) is 0 Å². The minimum Gasteiger partial charge on any atom is -0.393 e. The van der Waals surface area contributed by atoms with Crippen LogP contribution in [0.1, 0.15) is 27.7 Å². The predicted octanol–water partition coefficient (Wildman–Crippen LogP) is 5.23. The van der Waals surface area contributed by atoms with Crippen LogP contribution in [0.4, 0.5) is 23.0 Å². The summed E-state index contributed by atoms with van der Waals surface area (Å²) < 4.78 is 0. The van der Waals surface area contributed by atoms with Crippen LogP contribution in [0.5, 0.6) is 0 Å². The van der Waals surface area contributed by atoms with E-state index in [-0.39, 0.29) is 0 Å². The van der Waals surface area contributed by atoms with Crippen LogP contribution >= 0.6 is 23.2 Å². The molecule has 0 atom stereocenters. The lowest BCUT2D eigenvalue weighted by Gasteiger charge is -2.28. The third-order valence-corrected chi connectivity index (χ3v) is 4.36. The first-order valence-electron chi connectivity index (χ1n) is 8.36. The van der Waals surface area contributed by atoms with E-state index in [0.29, 0.717) is 39.1 Å². The molecule has 136 valence electrons. The van der Waals surface area contributed by atoms with Crippen molar-refractivity contribution in [2.24, 2.45) is 11.8 Å². The summed E-state index contributed by atoms with van der Waals surface area (Å²) in [7, 11) is 0. The molecule has 0 fully saturated rings. The van der Waals surface area contributed by atoms with Gasteiger partial charge in [-0.1, -0.05) is 57.0 Å². The first-order valence-corrected chi connectivity index (χ1v) is 9.11. The number of benzene rings is 1. The summed E-state index contributed by atoms with van der Waals surface area (Å²) >= 11 is 12.3. The number of aromatic nitrogens is 2. The first-order chi connectivity index (χ1) is 11.8. The standard InChI is InChI=1S/C18H25Cl2N5/c1-11(2)8-25(9-12(3)4)18-16(21)17(22-10-23-18)24-14-7-5-6-13(19)15(14)20/h5-7,10-12H,8-9,21H2,1-4H3,(H,22,23,24). The Balaban J connectivity index is 2.35. The van der Waals surface area contributed by atoms with Crippen LogP contribution in [-0.4, -0.2) is 23.1 Å². The fourth-order valence-corrected chi connectivity index (χ4v) is 2.94. The van der Waals surface area contributed by atoms with Gasteiger partial charge in [0, 0.05) is 13.1 Å². The smallest absolute Gasteiger partial charge is 0.159 e. The SMILES string of the molecule is CC(C)CN(CC(C)C)c1ncnc(Nc2cccc(Cl)c2Cl)c1N. The fraction of sp³-hybridized carbons (Fsp3) is 0.444. The molecule has 0 aliphatic rings. The van der Waals surface area contributed by atoms with Gasteiger partial charge in [0.15, 0.2) is 11.6 Å². The minimum atomic E-state index is 0.435.